The van der Waals surface area contributed by atoms with E-state index in [1.165, 1.54) is 186 Å². The predicted molar refractivity (Wildman–Crippen MR) is 264 cm³/mol. The van der Waals surface area contributed by atoms with Gasteiger partial charge in [-0.15, -0.1) is 0 Å². The molecule has 360 valence electrons. The summed E-state index contributed by atoms with van der Waals surface area (Å²) >= 11 is 0. The summed E-state index contributed by atoms with van der Waals surface area (Å²) in [6, 6.07) is -0.557. The molecule has 6 heteroatoms. The summed E-state index contributed by atoms with van der Waals surface area (Å²) in [5, 5.41) is 23.3. The summed E-state index contributed by atoms with van der Waals surface area (Å²) in [7, 11) is 0. The molecule has 0 aliphatic carbocycles. The number of aliphatic hydroxyl groups is 2. The van der Waals surface area contributed by atoms with Crippen LogP contribution in [0.4, 0.5) is 0 Å². The molecule has 0 rings (SSSR count). The molecule has 2 unspecified atom stereocenters. The first kappa shape index (κ1) is 59.3. The largest absolute Gasteiger partial charge is 0.466 e. The van der Waals surface area contributed by atoms with Gasteiger partial charge in [0.05, 0.1) is 25.4 Å². The molecule has 0 spiro atoms. The topological polar surface area (TPSA) is 95.9 Å². The minimum Gasteiger partial charge on any atom is -0.466 e. The third-order valence-electron chi connectivity index (χ3n) is 12.5. The number of nitrogens with one attached hydrogen (secondary N) is 1. The Balaban J connectivity index is 3.48. The van der Waals surface area contributed by atoms with Crippen molar-refractivity contribution in [2.24, 2.45) is 0 Å². The number of carbonyl (C=O) groups is 2. The molecule has 0 aromatic rings. The van der Waals surface area contributed by atoms with Crippen molar-refractivity contribution in [3.05, 3.63) is 24.3 Å². The van der Waals surface area contributed by atoms with Gasteiger partial charge in [0.1, 0.15) is 0 Å². The van der Waals surface area contributed by atoms with E-state index in [-0.39, 0.29) is 18.5 Å². The highest BCUT2D eigenvalue weighted by atomic mass is 16.5. The van der Waals surface area contributed by atoms with Crippen LogP contribution in [0, 0.1) is 0 Å². The Morgan fingerprint density at radius 1 is 0.459 bits per heavy atom. The Kier molecular flexibility index (Phi) is 49.6. The molecule has 6 nitrogen and oxygen atoms in total. The molecule has 0 radical (unpaired) electrons. The molecular formula is C55H105NO5. The average Bonchev–Trinajstić information content (AvgIpc) is 3.26. The van der Waals surface area contributed by atoms with Gasteiger partial charge in [-0.25, -0.2) is 0 Å². The van der Waals surface area contributed by atoms with E-state index in [1.807, 2.05) is 0 Å². The maximum Gasteiger partial charge on any atom is 0.305 e. The van der Waals surface area contributed by atoms with E-state index in [4.69, 9.17) is 4.74 Å². The van der Waals surface area contributed by atoms with Gasteiger partial charge in [-0.1, -0.05) is 250 Å². The number of aliphatic hydroxyl groups excluding tert-OH is 2. The van der Waals surface area contributed by atoms with Crippen molar-refractivity contribution < 1.29 is 24.5 Å². The molecule has 1 amide bonds. The second-order valence-electron chi connectivity index (χ2n) is 18.6. The van der Waals surface area contributed by atoms with Crippen LogP contribution in [0.1, 0.15) is 290 Å². The van der Waals surface area contributed by atoms with Crippen molar-refractivity contribution in [3.8, 4) is 0 Å². The minimum absolute atomic E-state index is 0.0285. The lowest BCUT2D eigenvalue weighted by Crippen LogP contribution is -2.45. The van der Waals surface area contributed by atoms with Gasteiger partial charge in [-0.3, -0.25) is 9.59 Å². The van der Waals surface area contributed by atoms with E-state index in [1.54, 1.807) is 0 Å². The second-order valence-corrected chi connectivity index (χ2v) is 18.6. The SMILES string of the molecule is CCC/C=C\C/C=C\CCCCCCCC(=O)OCCCCCCCCCCCCCC(=O)NC(CO)C(O)CCCCCCCCCCCCCCCCCCCCCC. The highest BCUT2D eigenvalue weighted by Gasteiger charge is 2.20. The number of esters is 1. The summed E-state index contributed by atoms with van der Waals surface area (Å²) in [5.74, 6) is -0.0813. The summed E-state index contributed by atoms with van der Waals surface area (Å²) in [4.78, 5) is 24.5. The molecular weight excluding hydrogens is 755 g/mol. The second kappa shape index (κ2) is 51.0. The Bertz CT molecular complexity index is 951. The Hall–Kier alpha value is -1.66. The maximum atomic E-state index is 12.5. The first-order valence-corrected chi connectivity index (χ1v) is 27.1. The number of ether oxygens (including phenoxy) is 1. The fourth-order valence-corrected chi connectivity index (χ4v) is 8.32. The van der Waals surface area contributed by atoms with Crippen molar-refractivity contribution in [2.45, 2.75) is 302 Å². The molecule has 61 heavy (non-hydrogen) atoms. The van der Waals surface area contributed by atoms with Crippen LogP contribution in [-0.2, 0) is 14.3 Å². The Morgan fingerprint density at radius 3 is 1.31 bits per heavy atom. The van der Waals surface area contributed by atoms with Crippen molar-refractivity contribution in [3.63, 3.8) is 0 Å². The van der Waals surface area contributed by atoms with Gasteiger partial charge in [-0.2, -0.15) is 0 Å². The number of carbonyl (C=O) groups excluding carboxylic acids is 2. The molecule has 0 bridgehead atoms. The van der Waals surface area contributed by atoms with Gasteiger partial charge in [0, 0.05) is 12.8 Å². The first-order chi connectivity index (χ1) is 30.0. The number of hydrogen-bond acceptors (Lipinski definition) is 5. The van der Waals surface area contributed by atoms with Crippen LogP contribution in [0.2, 0.25) is 0 Å². The number of amides is 1. The molecule has 0 saturated carbocycles. The van der Waals surface area contributed by atoms with Crippen molar-refractivity contribution in [1.82, 2.24) is 5.32 Å². The number of unbranched alkanes of at least 4 members (excludes halogenated alkanes) is 35. The third-order valence-corrected chi connectivity index (χ3v) is 12.5. The van der Waals surface area contributed by atoms with Crippen molar-refractivity contribution in [2.75, 3.05) is 13.2 Å². The predicted octanol–water partition coefficient (Wildman–Crippen LogP) is 16.3. The van der Waals surface area contributed by atoms with E-state index >= 15 is 0 Å². The standard InChI is InChI=1S/C55H105NO5/c1-3-5-7-9-11-13-15-17-18-19-20-21-22-23-25-27-31-35-39-43-47-53(58)52(51-57)56-54(59)48-44-40-36-32-28-26-30-34-38-42-46-50-61-55(60)49-45-41-37-33-29-24-16-14-12-10-8-6-4-2/h8,10,14,16,52-53,57-58H,3-7,9,11-13,15,17-51H2,1-2H3,(H,56,59)/b10-8-,16-14-. The van der Waals surface area contributed by atoms with Gasteiger partial charge in [0.2, 0.25) is 5.91 Å². The fourth-order valence-electron chi connectivity index (χ4n) is 8.32. The van der Waals surface area contributed by atoms with Crippen LogP contribution in [0.5, 0.6) is 0 Å². The van der Waals surface area contributed by atoms with Crippen molar-refractivity contribution in [1.29, 1.82) is 0 Å². The number of allylic oxidation sites excluding steroid dienone is 4. The smallest absolute Gasteiger partial charge is 0.305 e. The molecule has 3 N–H and O–H groups in total. The molecule has 0 fully saturated rings. The Labute approximate surface area is 380 Å². The Morgan fingerprint density at radius 2 is 0.852 bits per heavy atom. The van der Waals surface area contributed by atoms with E-state index in [9.17, 15) is 19.8 Å². The zero-order valence-corrected chi connectivity index (χ0v) is 40.9. The normalized spacial score (nSPS) is 12.8. The molecule has 0 heterocycles. The quantitative estimate of drug-likeness (QED) is 0.0322. The lowest BCUT2D eigenvalue weighted by molar-refractivity contribution is -0.143. The van der Waals surface area contributed by atoms with Crippen LogP contribution >= 0.6 is 0 Å². The van der Waals surface area contributed by atoms with E-state index in [0.29, 0.717) is 25.9 Å². The lowest BCUT2D eigenvalue weighted by atomic mass is 10.0. The van der Waals surface area contributed by atoms with Gasteiger partial charge in [0.25, 0.3) is 0 Å². The van der Waals surface area contributed by atoms with Crippen LogP contribution in [0.25, 0.3) is 0 Å². The van der Waals surface area contributed by atoms with Gasteiger partial charge in [-0.05, 0) is 51.4 Å². The minimum atomic E-state index is -0.678. The van der Waals surface area contributed by atoms with E-state index in [2.05, 4.69) is 43.5 Å². The number of rotatable bonds is 50. The summed E-state index contributed by atoms with van der Waals surface area (Å²) in [5.41, 5.74) is 0. The lowest BCUT2D eigenvalue weighted by Gasteiger charge is -2.22. The monoisotopic (exact) mass is 860 g/mol. The highest BCUT2D eigenvalue weighted by molar-refractivity contribution is 5.76. The summed E-state index contributed by atoms with van der Waals surface area (Å²) < 4.78 is 5.44. The zero-order valence-electron chi connectivity index (χ0n) is 40.9. The molecule has 0 aromatic heterocycles. The summed E-state index contributed by atoms with van der Waals surface area (Å²) in [6.45, 7) is 4.85. The maximum absolute atomic E-state index is 12.5. The third kappa shape index (κ3) is 47.7. The van der Waals surface area contributed by atoms with Gasteiger partial charge in [0.15, 0.2) is 0 Å². The fraction of sp³-hybridized carbons (Fsp3) is 0.891. The van der Waals surface area contributed by atoms with Gasteiger partial charge < -0.3 is 20.3 Å². The number of hydrogen-bond donors (Lipinski definition) is 3. The highest BCUT2D eigenvalue weighted by Crippen LogP contribution is 2.17. The van der Waals surface area contributed by atoms with Crippen LogP contribution in [-0.4, -0.2) is 47.4 Å². The average molecular weight is 860 g/mol. The molecule has 2 atom stereocenters. The van der Waals surface area contributed by atoms with Crippen molar-refractivity contribution >= 4 is 11.9 Å². The van der Waals surface area contributed by atoms with Gasteiger partial charge >= 0.3 is 5.97 Å². The van der Waals surface area contributed by atoms with Crippen LogP contribution < -0.4 is 5.32 Å². The van der Waals surface area contributed by atoms with E-state index in [0.717, 1.165) is 70.6 Å². The van der Waals surface area contributed by atoms with Crippen LogP contribution in [0.3, 0.4) is 0 Å². The first-order valence-electron chi connectivity index (χ1n) is 27.1. The molecule has 0 aliphatic heterocycles. The molecule has 0 aromatic carbocycles. The summed E-state index contributed by atoms with van der Waals surface area (Å²) in [6.07, 6.45) is 60.1. The molecule has 0 aliphatic rings. The zero-order chi connectivity index (χ0) is 44.4. The van der Waals surface area contributed by atoms with Crippen LogP contribution in [0.15, 0.2) is 24.3 Å². The molecule has 0 saturated heterocycles. The van der Waals surface area contributed by atoms with E-state index < -0.39 is 12.1 Å².